The molecule has 2 aromatic carbocycles. The van der Waals surface area contributed by atoms with Crippen LogP contribution >= 0.6 is 11.6 Å². The number of halogens is 1. The van der Waals surface area contributed by atoms with Gasteiger partial charge >= 0.3 is 0 Å². The Labute approximate surface area is 229 Å². The van der Waals surface area contributed by atoms with Gasteiger partial charge in [-0.2, -0.15) is 0 Å². The lowest BCUT2D eigenvalue weighted by Crippen LogP contribution is -2.40. The average molecular weight is 559 g/mol. The summed E-state index contributed by atoms with van der Waals surface area (Å²) in [6.45, 7) is 1.95. The lowest BCUT2D eigenvalue weighted by atomic mass is 9.70. The molecule has 2 bridgehead atoms. The molecule has 0 aromatic heterocycles. The summed E-state index contributed by atoms with van der Waals surface area (Å²) in [6, 6.07) is 11.0. The first kappa shape index (κ1) is 27.0. The second-order valence-electron chi connectivity index (χ2n) is 10.7. The highest BCUT2D eigenvalue weighted by atomic mass is 35.5. The summed E-state index contributed by atoms with van der Waals surface area (Å²) >= 11 is 6.28. The number of amides is 1. The number of hydrogen-bond donors (Lipinski definition) is 2. The van der Waals surface area contributed by atoms with Gasteiger partial charge in [0.2, 0.25) is 10.0 Å². The van der Waals surface area contributed by atoms with Crippen LogP contribution < -0.4 is 14.4 Å². The molecule has 0 saturated heterocycles. The zero-order chi connectivity index (χ0) is 26.7. The van der Waals surface area contributed by atoms with Gasteiger partial charge in [-0.15, -0.1) is 0 Å². The summed E-state index contributed by atoms with van der Waals surface area (Å²) in [5.74, 6) is 0.529. The van der Waals surface area contributed by atoms with Crippen molar-refractivity contribution in [1.29, 1.82) is 0 Å². The first-order chi connectivity index (χ1) is 18.3. The van der Waals surface area contributed by atoms with Gasteiger partial charge < -0.3 is 14.7 Å². The lowest BCUT2D eigenvalue weighted by Gasteiger charge is -2.42. The van der Waals surface area contributed by atoms with E-state index in [1.807, 2.05) is 18.2 Å². The number of anilines is 1. The number of aryl methyl sites for hydroxylation is 1. The molecule has 38 heavy (non-hydrogen) atoms. The summed E-state index contributed by atoms with van der Waals surface area (Å²) < 4.78 is 33.6. The van der Waals surface area contributed by atoms with E-state index in [4.69, 9.17) is 16.3 Å². The third-order valence-electron chi connectivity index (χ3n) is 7.98. The van der Waals surface area contributed by atoms with Gasteiger partial charge in [0.1, 0.15) is 12.4 Å². The van der Waals surface area contributed by atoms with Gasteiger partial charge in [0.15, 0.2) is 0 Å². The maximum absolute atomic E-state index is 13.0. The molecule has 3 atom stereocenters. The number of ether oxygens (including phenoxy) is 1. The van der Waals surface area contributed by atoms with Crippen molar-refractivity contribution in [1.82, 2.24) is 4.72 Å². The highest BCUT2D eigenvalue weighted by molar-refractivity contribution is 7.90. The Morgan fingerprint density at radius 2 is 1.87 bits per heavy atom. The molecular weight excluding hydrogens is 524 g/mol. The molecule has 9 heteroatoms. The Hall–Kier alpha value is -2.55. The van der Waals surface area contributed by atoms with Crippen molar-refractivity contribution >= 4 is 33.2 Å². The van der Waals surface area contributed by atoms with Gasteiger partial charge in [-0.1, -0.05) is 29.8 Å². The number of rotatable bonds is 0. The van der Waals surface area contributed by atoms with E-state index in [9.17, 15) is 18.3 Å². The third kappa shape index (κ3) is 6.53. The first-order valence-corrected chi connectivity index (χ1v) is 15.5. The van der Waals surface area contributed by atoms with Crippen LogP contribution in [-0.2, 0) is 23.1 Å². The normalized spacial score (nSPS) is 26.8. The number of fused-ring (bicyclic) bond motifs is 3. The minimum absolute atomic E-state index is 0.277. The van der Waals surface area contributed by atoms with Crippen molar-refractivity contribution in [2.45, 2.75) is 57.7 Å². The number of benzene rings is 2. The minimum Gasteiger partial charge on any atom is -0.487 e. The highest BCUT2D eigenvalue weighted by Gasteiger charge is 2.34. The Bertz CT molecular complexity index is 1310. The third-order valence-corrected chi connectivity index (χ3v) is 9.34. The molecule has 1 amide bonds. The van der Waals surface area contributed by atoms with Gasteiger partial charge in [0.05, 0.1) is 17.5 Å². The van der Waals surface area contributed by atoms with E-state index >= 15 is 0 Å². The van der Waals surface area contributed by atoms with Crippen LogP contribution in [0.15, 0.2) is 48.6 Å². The minimum atomic E-state index is -3.86. The topological polar surface area (TPSA) is 95.9 Å². The molecule has 1 fully saturated rings. The summed E-state index contributed by atoms with van der Waals surface area (Å²) in [5, 5.41) is 11.3. The standard InChI is InChI=1S/C29H35ClN2O5S/c30-25-11-9-24-19-37-28-12-10-22-17-27(28)32(13-3-1-5-20(24)15-25)18-23-8-7-21(23)16-26(33)6-2-4-14-38(35,36)31-29(22)34/h2,4,9-12,15,17,21,23,26,33H,1,3,5-8,13-14,16,18-19H2,(H,31,34)/b4-2+/t21-,23-,26+/m0/s1. The smallest absolute Gasteiger partial charge is 0.264 e. The van der Waals surface area contributed by atoms with Gasteiger partial charge in [-0.3, -0.25) is 4.79 Å². The first-order valence-electron chi connectivity index (χ1n) is 13.4. The molecular formula is C29H35ClN2O5S. The molecule has 5 rings (SSSR count). The Balaban J connectivity index is 1.51. The zero-order valence-electron chi connectivity index (χ0n) is 21.4. The van der Waals surface area contributed by atoms with Gasteiger partial charge in [0, 0.05) is 23.7 Å². The fourth-order valence-electron chi connectivity index (χ4n) is 5.69. The number of hydrogen-bond acceptors (Lipinski definition) is 6. The average Bonchev–Trinajstić information content (AvgIpc) is 2.90. The van der Waals surface area contributed by atoms with Crippen LogP contribution in [0, 0.1) is 11.8 Å². The number of carbonyl (C=O) groups excluding carboxylic acids is 1. The van der Waals surface area contributed by atoms with Gasteiger partial charge in [0.25, 0.3) is 5.91 Å². The molecule has 2 N–H and O–H groups in total. The van der Waals surface area contributed by atoms with E-state index in [1.54, 1.807) is 24.3 Å². The SMILES string of the molecule is O=C1NS(=O)(=O)C/C=C/C[C@@H](O)C[C@@H]2CC[C@H]2CN2CCCCc3cc(Cl)ccc3COc3ccc1cc32. The molecule has 0 radical (unpaired) electrons. The Morgan fingerprint density at radius 1 is 1.03 bits per heavy atom. The number of aliphatic hydroxyl groups excluding tert-OH is 1. The van der Waals surface area contributed by atoms with E-state index < -0.39 is 22.0 Å². The number of sulfonamides is 1. The van der Waals surface area contributed by atoms with Crippen LogP contribution in [0.4, 0.5) is 5.69 Å². The van der Waals surface area contributed by atoms with E-state index in [1.165, 1.54) is 11.6 Å². The van der Waals surface area contributed by atoms with Crippen molar-refractivity contribution in [3.05, 3.63) is 70.3 Å². The summed E-state index contributed by atoms with van der Waals surface area (Å²) in [4.78, 5) is 15.3. The largest absolute Gasteiger partial charge is 0.487 e. The number of nitrogens with one attached hydrogen (secondary N) is 1. The number of carbonyl (C=O) groups is 1. The summed E-state index contributed by atoms with van der Waals surface area (Å²) in [5.41, 5.74) is 3.34. The predicted octanol–water partition coefficient (Wildman–Crippen LogP) is 4.86. The van der Waals surface area contributed by atoms with Crippen LogP contribution in [0.3, 0.4) is 0 Å². The highest BCUT2D eigenvalue weighted by Crippen LogP contribution is 2.41. The molecule has 0 spiro atoms. The molecule has 2 aromatic rings. The monoisotopic (exact) mass is 558 g/mol. The lowest BCUT2D eigenvalue weighted by molar-refractivity contribution is 0.0807. The van der Waals surface area contributed by atoms with Crippen molar-refractivity contribution in [3.8, 4) is 5.75 Å². The number of nitrogens with zero attached hydrogens (tertiary/aromatic N) is 1. The Kier molecular flexibility index (Phi) is 8.31. The quantitative estimate of drug-likeness (QED) is 0.448. The van der Waals surface area contributed by atoms with Gasteiger partial charge in [-0.05, 0) is 98.2 Å². The van der Waals surface area contributed by atoms with Crippen LogP contribution in [0.1, 0.15) is 60.0 Å². The van der Waals surface area contributed by atoms with E-state index in [-0.39, 0.29) is 11.3 Å². The molecule has 7 nitrogen and oxygen atoms in total. The Morgan fingerprint density at radius 3 is 2.68 bits per heavy atom. The molecule has 204 valence electrons. The van der Waals surface area contributed by atoms with Crippen molar-refractivity contribution in [2.75, 3.05) is 23.7 Å². The summed E-state index contributed by atoms with van der Waals surface area (Å²) in [7, 11) is -3.86. The molecule has 2 heterocycles. The van der Waals surface area contributed by atoms with E-state index in [2.05, 4.69) is 9.62 Å². The van der Waals surface area contributed by atoms with E-state index in [0.29, 0.717) is 42.1 Å². The fourth-order valence-corrected chi connectivity index (χ4v) is 6.75. The second-order valence-corrected chi connectivity index (χ2v) is 12.9. The number of aliphatic hydroxyl groups is 1. The van der Waals surface area contributed by atoms with Crippen LogP contribution in [-0.4, -0.2) is 44.4 Å². The van der Waals surface area contributed by atoms with E-state index in [0.717, 1.165) is 56.4 Å². The van der Waals surface area contributed by atoms with Crippen LogP contribution in [0.5, 0.6) is 5.75 Å². The zero-order valence-corrected chi connectivity index (χ0v) is 23.0. The maximum Gasteiger partial charge on any atom is 0.264 e. The molecule has 1 aliphatic carbocycles. The van der Waals surface area contributed by atoms with Gasteiger partial charge in [-0.25, -0.2) is 13.1 Å². The van der Waals surface area contributed by atoms with Crippen molar-refractivity contribution in [3.63, 3.8) is 0 Å². The van der Waals surface area contributed by atoms with Crippen molar-refractivity contribution < 1.29 is 23.1 Å². The molecule has 0 unspecified atom stereocenters. The molecule has 1 saturated carbocycles. The van der Waals surface area contributed by atoms with Crippen LogP contribution in [0.2, 0.25) is 5.02 Å². The second kappa shape index (κ2) is 11.7. The van der Waals surface area contributed by atoms with Crippen molar-refractivity contribution in [2.24, 2.45) is 11.8 Å². The maximum atomic E-state index is 13.0. The molecule has 3 aliphatic rings. The van der Waals surface area contributed by atoms with Crippen LogP contribution in [0.25, 0.3) is 0 Å². The predicted molar refractivity (Wildman–Crippen MR) is 149 cm³/mol. The molecule has 2 aliphatic heterocycles. The summed E-state index contributed by atoms with van der Waals surface area (Å²) in [6.07, 6.45) is 8.79. The fraction of sp³-hybridized carbons (Fsp3) is 0.483.